The average Bonchev–Trinajstić information content (AvgIpc) is 3.03. The summed E-state index contributed by atoms with van der Waals surface area (Å²) in [6.07, 6.45) is 9.61. The summed E-state index contributed by atoms with van der Waals surface area (Å²) in [5.74, 6) is 1.22. The van der Waals surface area contributed by atoms with Gasteiger partial charge in [-0.2, -0.15) is 0 Å². The van der Waals surface area contributed by atoms with Gasteiger partial charge in [0.25, 0.3) is 0 Å². The molecule has 1 spiro atoms. The molecule has 1 saturated heterocycles. The minimum absolute atomic E-state index is 0.189. The van der Waals surface area contributed by atoms with E-state index in [1.807, 2.05) is 19.1 Å². The van der Waals surface area contributed by atoms with E-state index in [0.29, 0.717) is 29.9 Å². The monoisotopic (exact) mass is 379 g/mol. The summed E-state index contributed by atoms with van der Waals surface area (Å²) in [4.78, 5) is 27.5. The minimum Gasteiger partial charge on any atom is -0.477 e. The van der Waals surface area contributed by atoms with Gasteiger partial charge in [-0.15, -0.1) is 0 Å². The van der Waals surface area contributed by atoms with E-state index in [4.69, 9.17) is 9.47 Å². The van der Waals surface area contributed by atoms with Crippen molar-refractivity contribution in [2.24, 2.45) is 5.92 Å². The maximum absolute atomic E-state index is 12.8. The summed E-state index contributed by atoms with van der Waals surface area (Å²) < 4.78 is 11.9. The fourth-order valence-corrected chi connectivity index (χ4v) is 5.98. The number of hydrogen-bond donors (Lipinski definition) is 0. The molecule has 28 heavy (non-hydrogen) atoms. The maximum atomic E-state index is 12.8. The number of rotatable bonds is 3. The Morgan fingerprint density at radius 3 is 3.04 bits per heavy atom. The fourth-order valence-electron chi connectivity index (χ4n) is 5.98. The van der Waals surface area contributed by atoms with Crippen LogP contribution in [0.4, 0.5) is 0 Å². The highest BCUT2D eigenvalue weighted by atomic mass is 16.6. The molecule has 1 saturated carbocycles. The van der Waals surface area contributed by atoms with E-state index in [1.54, 1.807) is 12.2 Å². The van der Waals surface area contributed by atoms with Crippen molar-refractivity contribution in [3.8, 4) is 11.5 Å². The molecular weight excluding hydrogens is 354 g/mol. The predicted molar refractivity (Wildman–Crippen MR) is 105 cm³/mol. The van der Waals surface area contributed by atoms with Crippen molar-refractivity contribution in [1.29, 1.82) is 0 Å². The molecule has 0 unspecified atom stereocenters. The van der Waals surface area contributed by atoms with Crippen LogP contribution < -0.4 is 9.47 Å². The molecule has 1 aromatic carbocycles. The van der Waals surface area contributed by atoms with Gasteiger partial charge in [0.05, 0.1) is 0 Å². The molecule has 5 heteroatoms. The van der Waals surface area contributed by atoms with Crippen molar-refractivity contribution in [1.82, 2.24) is 4.90 Å². The van der Waals surface area contributed by atoms with Crippen molar-refractivity contribution in [2.75, 3.05) is 13.6 Å². The molecule has 2 aliphatic carbocycles. The molecule has 5 rings (SSSR count). The highest BCUT2D eigenvalue weighted by Gasteiger charge is 2.65. The zero-order chi connectivity index (χ0) is 19.5. The van der Waals surface area contributed by atoms with Gasteiger partial charge in [0.2, 0.25) is 0 Å². The lowest BCUT2D eigenvalue weighted by molar-refractivity contribution is -0.138. The van der Waals surface area contributed by atoms with Crippen LogP contribution in [-0.2, 0) is 21.4 Å². The van der Waals surface area contributed by atoms with E-state index >= 15 is 0 Å². The molecule has 2 heterocycles. The van der Waals surface area contributed by atoms with Crippen LogP contribution in [-0.4, -0.2) is 42.4 Å². The molecule has 146 valence electrons. The summed E-state index contributed by atoms with van der Waals surface area (Å²) in [7, 11) is 2.19. The van der Waals surface area contributed by atoms with Crippen LogP contribution in [0, 0.1) is 5.92 Å². The number of carbonyl (C=O) groups is 2. The molecule has 0 amide bonds. The van der Waals surface area contributed by atoms with Crippen LogP contribution in [0.25, 0.3) is 0 Å². The number of esters is 1. The van der Waals surface area contributed by atoms with Crippen LogP contribution in [0.2, 0.25) is 0 Å². The number of carbonyl (C=O) groups excluding carboxylic acids is 2. The average molecular weight is 379 g/mol. The fraction of sp³-hybridized carbons (Fsp3) is 0.478. The van der Waals surface area contributed by atoms with E-state index < -0.39 is 12.1 Å². The van der Waals surface area contributed by atoms with Gasteiger partial charge in [-0.25, -0.2) is 4.79 Å². The summed E-state index contributed by atoms with van der Waals surface area (Å²) in [6, 6.07) is 4.33. The molecule has 5 nitrogen and oxygen atoms in total. The van der Waals surface area contributed by atoms with Gasteiger partial charge in [0.15, 0.2) is 23.4 Å². The summed E-state index contributed by atoms with van der Waals surface area (Å²) in [5, 5.41) is 0. The van der Waals surface area contributed by atoms with Crippen LogP contribution >= 0.6 is 0 Å². The molecule has 4 atom stereocenters. The van der Waals surface area contributed by atoms with Gasteiger partial charge >= 0.3 is 5.97 Å². The van der Waals surface area contributed by atoms with Crippen LogP contribution in [0.15, 0.2) is 36.4 Å². The second kappa shape index (κ2) is 6.31. The molecule has 0 N–H and O–H groups in total. The third kappa shape index (κ3) is 2.29. The van der Waals surface area contributed by atoms with Crippen molar-refractivity contribution >= 4 is 11.8 Å². The number of Topliss-reactive ketones (excluding diaryl/α,β-unsaturated/α-hetero) is 1. The highest BCUT2D eigenvalue weighted by molar-refractivity contribution is 5.90. The molecule has 2 fully saturated rings. The van der Waals surface area contributed by atoms with Gasteiger partial charge in [-0.05, 0) is 57.3 Å². The quantitative estimate of drug-likeness (QED) is 0.350. The second-order valence-electron chi connectivity index (χ2n) is 8.38. The van der Waals surface area contributed by atoms with E-state index in [9.17, 15) is 9.59 Å². The number of likely N-dealkylation sites (N-methyl/N-ethyl adjacent to an activating group) is 1. The smallest absolute Gasteiger partial charge is 0.336 e. The molecule has 2 aliphatic heterocycles. The van der Waals surface area contributed by atoms with Crippen molar-refractivity contribution < 1.29 is 19.1 Å². The van der Waals surface area contributed by atoms with Gasteiger partial charge in [-0.1, -0.05) is 24.3 Å². The maximum Gasteiger partial charge on any atom is 0.336 e. The Hall–Kier alpha value is -2.40. The first-order valence-corrected chi connectivity index (χ1v) is 10.1. The Morgan fingerprint density at radius 1 is 1.36 bits per heavy atom. The van der Waals surface area contributed by atoms with Gasteiger partial charge in [0, 0.05) is 29.5 Å². The number of likely N-dealkylation sites (tertiary alicyclic amines) is 1. The molecule has 4 aliphatic rings. The summed E-state index contributed by atoms with van der Waals surface area (Å²) >= 11 is 0. The summed E-state index contributed by atoms with van der Waals surface area (Å²) in [6.45, 7) is 2.85. The molecular formula is C23H25NO4. The Morgan fingerprint density at radius 2 is 2.21 bits per heavy atom. The highest BCUT2D eigenvalue weighted by Crippen LogP contribution is 2.63. The number of ether oxygens (including phenoxy) is 2. The Balaban J connectivity index is 1.60. The number of allylic oxidation sites excluding steroid dienone is 3. The number of nitrogens with zero attached hydrogens (tertiary/aromatic N) is 1. The standard InChI is InChI=1S/C23H25NO4/c1-3-4-5-6-19(26)27-18-10-7-14-13-16-15-8-9-17(25)22-23(15,11-12-24(16)2)20(14)21(18)28-22/h3-7,10,15-16,22H,8-9,11-13H2,1-2H3/t15-,16+,22-,23-/m0/s1. The lowest BCUT2D eigenvalue weighted by atomic mass is 9.52. The van der Waals surface area contributed by atoms with Crippen molar-refractivity contribution in [2.45, 2.75) is 50.2 Å². The third-order valence-electron chi connectivity index (χ3n) is 7.12. The van der Waals surface area contributed by atoms with Crippen molar-refractivity contribution in [3.63, 3.8) is 0 Å². The number of piperidine rings is 1. The summed E-state index contributed by atoms with van der Waals surface area (Å²) in [5.41, 5.74) is 2.13. The SMILES string of the molecule is CC=CC=CC(=O)Oc1ccc2c3c1O[C@H]1C(=O)CC[C@H]4[C@@H](C2)N(C)CC[C@]314. The zero-order valence-corrected chi connectivity index (χ0v) is 16.3. The van der Waals surface area contributed by atoms with Crippen LogP contribution in [0.3, 0.4) is 0 Å². The Labute approximate surface area is 165 Å². The Bertz CT molecular complexity index is 917. The van der Waals surface area contributed by atoms with E-state index in [2.05, 4.69) is 18.0 Å². The number of ketones is 1. The first kappa shape index (κ1) is 17.7. The van der Waals surface area contributed by atoms with Crippen molar-refractivity contribution in [3.05, 3.63) is 47.6 Å². The predicted octanol–water partition coefficient (Wildman–Crippen LogP) is 2.96. The van der Waals surface area contributed by atoms with Gasteiger partial charge < -0.3 is 14.4 Å². The van der Waals surface area contributed by atoms with Gasteiger partial charge in [-0.3, -0.25) is 4.79 Å². The third-order valence-corrected chi connectivity index (χ3v) is 7.12. The number of benzene rings is 1. The normalized spacial score (nSPS) is 33.2. The Kier molecular flexibility index (Phi) is 3.98. The van der Waals surface area contributed by atoms with Gasteiger partial charge in [0.1, 0.15) is 0 Å². The second-order valence-corrected chi connectivity index (χ2v) is 8.38. The molecule has 2 bridgehead atoms. The lowest BCUT2D eigenvalue weighted by Gasteiger charge is -2.57. The van der Waals surface area contributed by atoms with E-state index in [0.717, 1.165) is 31.4 Å². The molecule has 0 radical (unpaired) electrons. The topological polar surface area (TPSA) is 55.8 Å². The largest absolute Gasteiger partial charge is 0.477 e. The van der Waals surface area contributed by atoms with Crippen LogP contribution in [0.5, 0.6) is 11.5 Å². The molecule has 0 aromatic heterocycles. The van der Waals surface area contributed by atoms with E-state index in [1.165, 1.54) is 11.6 Å². The minimum atomic E-state index is -0.440. The lowest BCUT2D eigenvalue weighted by Crippen LogP contribution is -2.65. The zero-order valence-electron chi connectivity index (χ0n) is 16.3. The molecule has 1 aromatic rings. The van der Waals surface area contributed by atoms with Crippen LogP contribution in [0.1, 0.15) is 37.3 Å². The number of hydrogen-bond acceptors (Lipinski definition) is 5. The first-order chi connectivity index (χ1) is 13.6. The van der Waals surface area contributed by atoms with E-state index in [-0.39, 0.29) is 11.2 Å². The first-order valence-electron chi connectivity index (χ1n) is 10.1.